The molecule has 0 unspecified atom stereocenters. The predicted molar refractivity (Wildman–Crippen MR) is 100 cm³/mol. The van der Waals surface area contributed by atoms with Gasteiger partial charge in [0, 0.05) is 0 Å². The monoisotopic (exact) mass is 358 g/mol. The lowest BCUT2D eigenvalue weighted by atomic mass is 10.1. The number of methoxy groups -OCH3 is 1. The fourth-order valence-electron chi connectivity index (χ4n) is 2.74. The van der Waals surface area contributed by atoms with Gasteiger partial charge in [0.05, 0.1) is 26.3 Å². The van der Waals surface area contributed by atoms with Crippen LogP contribution in [0.25, 0.3) is 10.9 Å². The molecule has 0 saturated carbocycles. The molecular formula is C20H26N2O4. The minimum atomic E-state index is -0.764. The van der Waals surface area contributed by atoms with Gasteiger partial charge in [0.2, 0.25) is 0 Å². The van der Waals surface area contributed by atoms with Crippen LogP contribution in [0.2, 0.25) is 0 Å². The lowest BCUT2D eigenvalue weighted by Gasteiger charge is -2.34. The number of hydrogen-bond donors (Lipinski definition) is 0. The van der Waals surface area contributed by atoms with Gasteiger partial charge in [-0.05, 0) is 52.3 Å². The summed E-state index contributed by atoms with van der Waals surface area (Å²) in [7, 11) is 1.56. The van der Waals surface area contributed by atoms with Crippen molar-refractivity contribution in [3.8, 4) is 5.75 Å². The zero-order chi connectivity index (χ0) is 19.5. The van der Waals surface area contributed by atoms with Gasteiger partial charge in [-0.25, -0.2) is 9.64 Å². The Labute approximate surface area is 155 Å². The normalized spacial score (nSPS) is 19.4. The van der Waals surface area contributed by atoms with E-state index in [0.717, 1.165) is 5.56 Å². The summed E-state index contributed by atoms with van der Waals surface area (Å²) in [5, 5.41) is 0. The van der Waals surface area contributed by atoms with Gasteiger partial charge >= 0.3 is 6.09 Å². The first kappa shape index (κ1) is 19.8. The first-order valence-electron chi connectivity index (χ1n) is 8.47. The zero-order valence-corrected chi connectivity index (χ0v) is 16.2. The Morgan fingerprint density at radius 2 is 2.12 bits per heavy atom. The summed E-state index contributed by atoms with van der Waals surface area (Å²) in [5.41, 5.74) is -0.103. The van der Waals surface area contributed by atoms with Crippen LogP contribution in [0, 0.1) is 6.57 Å². The van der Waals surface area contributed by atoms with Crippen molar-refractivity contribution in [1.29, 1.82) is 0 Å². The van der Waals surface area contributed by atoms with Crippen LogP contribution in [-0.4, -0.2) is 42.1 Å². The van der Waals surface area contributed by atoms with Crippen LogP contribution in [0.1, 0.15) is 40.2 Å². The molecule has 1 aromatic carbocycles. The standard InChI is InChI=1S/C20H26N2O4/c1-19(2,3)26-18(23)22-15(13-25-20(22,4)5)10-8-14-9-11-16(24-7)12-17(14)21-6/h8-12,15H,13H2,1-5,7H3/b10-8-/t15-/m0/s1. The van der Waals surface area contributed by atoms with E-state index in [4.69, 9.17) is 20.8 Å². The molecule has 0 N–H and O–H groups in total. The van der Waals surface area contributed by atoms with Crippen LogP contribution < -0.4 is 4.74 Å². The number of carbonyl (C=O) groups is 1. The molecule has 0 aliphatic carbocycles. The smallest absolute Gasteiger partial charge is 0.413 e. The summed E-state index contributed by atoms with van der Waals surface area (Å²) in [6.07, 6.45) is 3.28. The molecule has 1 aliphatic heterocycles. The van der Waals surface area contributed by atoms with Gasteiger partial charge in [-0.3, -0.25) is 4.90 Å². The van der Waals surface area contributed by atoms with Crippen LogP contribution in [-0.2, 0) is 9.47 Å². The second-order valence-electron chi connectivity index (χ2n) is 7.57. The fraction of sp³-hybridized carbons (Fsp3) is 0.500. The minimum absolute atomic E-state index is 0.277. The summed E-state index contributed by atoms with van der Waals surface area (Å²) >= 11 is 0. The van der Waals surface area contributed by atoms with Crippen molar-refractivity contribution >= 4 is 17.9 Å². The minimum Gasteiger partial charge on any atom is -0.498 e. The van der Waals surface area contributed by atoms with Crippen LogP contribution in [0.3, 0.4) is 0 Å². The van der Waals surface area contributed by atoms with Gasteiger partial charge in [0.1, 0.15) is 17.1 Å². The molecule has 1 aromatic rings. The molecule has 0 radical (unpaired) electrons. The quantitative estimate of drug-likeness (QED) is 0.739. The Balaban J connectivity index is 2.26. The number of hydrogen-bond acceptors (Lipinski definition) is 4. The van der Waals surface area contributed by atoms with E-state index in [1.165, 1.54) is 0 Å². The number of rotatable bonds is 3. The lowest BCUT2D eigenvalue weighted by Crippen LogP contribution is -2.49. The second-order valence-corrected chi connectivity index (χ2v) is 7.57. The maximum Gasteiger partial charge on any atom is 0.413 e. The van der Waals surface area contributed by atoms with Crippen LogP contribution in [0.4, 0.5) is 10.5 Å². The van der Waals surface area contributed by atoms with Gasteiger partial charge in [0.25, 0.3) is 0 Å². The molecule has 1 heterocycles. The van der Waals surface area contributed by atoms with E-state index in [2.05, 4.69) is 4.85 Å². The SMILES string of the molecule is [C-]#[N+]c1cc(OC)ccc1/C=C\[C@H]1COC(C)(C)N1C(=O)OC(C)(C)C. The number of nitrogens with zero attached hydrogens (tertiary/aromatic N) is 2. The Bertz CT molecular complexity index is 741. The van der Waals surface area contributed by atoms with Crippen LogP contribution in [0.5, 0.6) is 5.75 Å². The van der Waals surface area contributed by atoms with E-state index < -0.39 is 17.4 Å². The summed E-state index contributed by atoms with van der Waals surface area (Å²) in [5.74, 6) is 0.633. The van der Waals surface area contributed by atoms with Crippen molar-refractivity contribution in [3.63, 3.8) is 0 Å². The van der Waals surface area contributed by atoms with Crippen LogP contribution in [0.15, 0.2) is 24.3 Å². The van der Waals surface area contributed by atoms with E-state index in [1.54, 1.807) is 24.1 Å². The predicted octanol–water partition coefficient (Wildman–Crippen LogP) is 4.63. The topological polar surface area (TPSA) is 52.4 Å². The molecule has 0 bridgehead atoms. The third kappa shape index (κ3) is 4.55. The van der Waals surface area contributed by atoms with E-state index in [-0.39, 0.29) is 6.04 Å². The maximum atomic E-state index is 12.6. The summed E-state index contributed by atoms with van der Waals surface area (Å²) in [4.78, 5) is 17.8. The Kier molecular flexibility index (Phi) is 5.62. The van der Waals surface area contributed by atoms with Gasteiger partial charge < -0.3 is 14.2 Å². The van der Waals surface area contributed by atoms with Crippen molar-refractivity contribution < 1.29 is 19.0 Å². The molecular weight excluding hydrogens is 332 g/mol. The van der Waals surface area contributed by atoms with Crippen molar-refractivity contribution in [2.75, 3.05) is 13.7 Å². The third-order valence-corrected chi connectivity index (χ3v) is 3.97. The highest BCUT2D eigenvalue weighted by atomic mass is 16.6. The van der Waals surface area contributed by atoms with Gasteiger partial charge in [-0.1, -0.05) is 18.2 Å². The first-order valence-corrected chi connectivity index (χ1v) is 8.47. The van der Waals surface area contributed by atoms with Crippen LogP contribution >= 0.6 is 0 Å². The number of amides is 1. The Hall–Kier alpha value is -2.52. The zero-order valence-electron chi connectivity index (χ0n) is 16.2. The van der Waals surface area contributed by atoms with E-state index in [9.17, 15) is 4.79 Å². The number of carbonyl (C=O) groups excluding carboxylic acids is 1. The summed E-state index contributed by atoms with van der Waals surface area (Å²) in [6.45, 7) is 16.9. The average Bonchev–Trinajstić information content (AvgIpc) is 2.85. The molecule has 6 nitrogen and oxygen atoms in total. The van der Waals surface area contributed by atoms with Gasteiger partial charge in [-0.15, -0.1) is 0 Å². The molecule has 1 saturated heterocycles. The number of benzene rings is 1. The largest absolute Gasteiger partial charge is 0.498 e. The molecule has 1 fully saturated rings. The Morgan fingerprint density at radius 3 is 2.69 bits per heavy atom. The van der Waals surface area contributed by atoms with Crippen molar-refractivity contribution in [2.45, 2.75) is 52.0 Å². The molecule has 1 atom stereocenters. The molecule has 0 aromatic heterocycles. The maximum absolute atomic E-state index is 12.6. The third-order valence-electron chi connectivity index (χ3n) is 3.97. The molecule has 6 heteroatoms. The van der Waals surface area contributed by atoms with E-state index >= 15 is 0 Å². The van der Waals surface area contributed by atoms with E-state index in [0.29, 0.717) is 18.0 Å². The highest BCUT2D eigenvalue weighted by Gasteiger charge is 2.44. The lowest BCUT2D eigenvalue weighted by molar-refractivity contribution is -0.0610. The van der Waals surface area contributed by atoms with E-state index in [1.807, 2.05) is 52.8 Å². The molecule has 1 aliphatic rings. The highest BCUT2D eigenvalue weighted by Crippen LogP contribution is 2.31. The molecule has 2 rings (SSSR count). The second kappa shape index (κ2) is 7.38. The average molecular weight is 358 g/mol. The highest BCUT2D eigenvalue weighted by molar-refractivity contribution is 5.72. The van der Waals surface area contributed by atoms with Crippen molar-refractivity contribution in [2.24, 2.45) is 0 Å². The van der Waals surface area contributed by atoms with Crippen molar-refractivity contribution in [3.05, 3.63) is 41.3 Å². The number of ether oxygens (including phenoxy) is 3. The van der Waals surface area contributed by atoms with Crippen molar-refractivity contribution in [1.82, 2.24) is 4.90 Å². The Morgan fingerprint density at radius 1 is 1.42 bits per heavy atom. The molecule has 0 spiro atoms. The molecule has 140 valence electrons. The van der Waals surface area contributed by atoms with Gasteiger partial charge in [0.15, 0.2) is 5.69 Å². The fourth-order valence-corrected chi connectivity index (χ4v) is 2.74. The van der Waals surface area contributed by atoms with Gasteiger partial charge in [-0.2, -0.15) is 0 Å². The molecule has 1 amide bonds. The first-order chi connectivity index (χ1) is 12.1. The molecule has 26 heavy (non-hydrogen) atoms. The summed E-state index contributed by atoms with van der Waals surface area (Å²) in [6, 6.07) is 5.03. The summed E-state index contributed by atoms with van der Waals surface area (Å²) < 4.78 is 16.5.